The Bertz CT molecular complexity index is 948. The van der Waals surface area contributed by atoms with Crippen molar-refractivity contribution < 1.29 is 14.3 Å². The Hall–Kier alpha value is -2.65. The lowest BCUT2D eigenvalue weighted by molar-refractivity contribution is -0.122. The summed E-state index contributed by atoms with van der Waals surface area (Å²) in [6.07, 6.45) is 2.21. The molecule has 1 aromatic heterocycles. The van der Waals surface area contributed by atoms with Gasteiger partial charge in [-0.15, -0.1) is 0 Å². The number of hydrogen-bond acceptors (Lipinski definition) is 7. The van der Waals surface area contributed by atoms with E-state index in [2.05, 4.69) is 25.1 Å². The van der Waals surface area contributed by atoms with E-state index in [1.807, 2.05) is 0 Å². The second-order valence-electron chi connectivity index (χ2n) is 7.63. The van der Waals surface area contributed by atoms with Crippen molar-refractivity contribution >= 4 is 16.8 Å². The molecule has 9 nitrogen and oxygen atoms in total. The molecule has 1 aliphatic carbocycles. The second kappa shape index (κ2) is 8.38. The SMILES string of the molecule is COc1cc2nc(CN3CCN(CC(=O)NC4CC4)CC3)[nH]c(=O)c2cc1OC. The molecule has 1 saturated carbocycles. The van der Waals surface area contributed by atoms with Gasteiger partial charge in [0.25, 0.3) is 5.56 Å². The van der Waals surface area contributed by atoms with Crippen molar-refractivity contribution in [1.29, 1.82) is 0 Å². The summed E-state index contributed by atoms with van der Waals surface area (Å²) >= 11 is 0. The maximum absolute atomic E-state index is 12.5. The molecule has 2 fully saturated rings. The molecule has 0 radical (unpaired) electrons. The van der Waals surface area contributed by atoms with Gasteiger partial charge in [0, 0.05) is 38.3 Å². The zero-order valence-corrected chi connectivity index (χ0v) is 16.9. The van der Waals surface area contributed by atoms with Crippen LogP contribution in [0.15, 0.2) is 16.9 Å². The molecule has 2 aliphatic rings. The van der Waals surface area contributed by atoms with Crippen molar-refractivity contribution in [1.82, 2.24) is 25.1 Å². The summed E-state index contributed by atoms with van der Waals surface area (Å²) < 4.78 is 10.6. The minimum absolute atomic E-state index is 0.117. The Balaban J connectivity index is 1.39. The number of amides is 1. The molecule has 156 valence electrons. The van der Waals surface area contributed by atoms with Crippen LogP contribution in [0.5, 0.6) is 11.5 Å². The predicted molar refractivity (Wildman–Crippen MR) is 108 cm³/mol. The predicted octanol–water partition coefficient (Wildman–Crippen LogP) is 0.337. The van der Waals surface area contributed by atoms with Gasteiger partial charge in [0.05, 0.1) is 38.2 Å². The molecule has 0 atom stereocenters. The van der Waals surface area contributed by atoms with Crippen LogP contribution >= 0.6 is 0 Å². The zero-order chi connectivity index (χ0) is 20.4. The number of piperazine rings is 1. The minimum Gasteiger partial charge on any atom is -0.493 e. The summed E-state index contributed by atoms with van der Waals surface area (Å²) in [6, 6.07) is 3.77. The van der Waals surface area contributed by atoms with E-state index in [1.165, 1.54) is 7.11 Å². The average molecular weight is 401 g/mol. The lowest BCUT2D eigenvalue weighted by Crippen LogP contribution is -2.49. The van der Waals surface area contributed by atoms with E-state index >= 15 is 0 Å². The molecule has 1 amide bonds. The Morgan fingerprint density at radius 2 is 1.79 bits per heavy atom. The van der Waals surface area contributed by atoms with Gasteiger partial charge in [0.15, 0.2) is 11.5 Å². The third-order valence-corrected chi connectivity index (χ3v) is 5.41. The number of carbonyl (C=O) groups is 1. The van der Waals surface area contributed by atoms with Crippen molar-refractivity contribution in [3.8, 4) is 11.5 Å². The van der Waals surface area contributed by atoms with E-state index in [0.717, 1.165) is 39.0 Å². The number of nitrogens with zero attached hydrogens (tertiary/aromatic N) is 3. The number of hydrogen-bond donors (Lipinski definition) is 2. The van der Waals surface area contributed by atoms with E-state index in [4.69, 9.17) is 9.47 Å². The fourth-order valence-electron chi connectivity index (χ4n) is 3.61. The van der Waals surface area contributed by atoms with Crippen molar-refractivity contribution in [2.75, 3.05) is 46.9 Å². The largest absolute Gasteiger partial charge is 0.493 e. The summed E-state index contributed by atoms with van der Waals surface area (Å²) in [7, 11) is 3.09. The summed E-state index contributed by atoms with van der Waals surface area (Å²) in [4.78, 5) is 36.4. The molecule has 29 heavy (non-hydrogen) atoms. The van der Waals surface area contributed by atoms with Gasteiger partial charge in [0.1, 0.15) is 5.82 Å². The highest BCUT2D eigenvalue weighted by molar-refractivity contribution is 5.81. The summed E-state index contributed by atoms with van der Waals surface area (Å²) in [5.74, 6) is 1.78. The first-order valence-electron chi connectivity index (χ1n) is 9.94. The van der Waals surface area contributed by atoms with E-state index in [1.54, 1.807) is 19.2 Å². The number of H-pyrrole nitrogens is 1. The number of rotatable bonds is 7. The number of methoxy groups -OCH3 is 2. The van der Waals surface area contributed by atoms with Crippen LogP contribution in [0.3, 0.4) is 0 Å². The Labute approximate surface area is 169 Å². The summed E-state index contributed by atoms with van der Waals surface area (Å²) in [5, 5.41) is 3.50. The van der Waals surface area contributed by atoms with Gasteiger partial charge in [-0.25, -0.2) is 4.98 Å². The van der Waals surface area contributed by atoms with Gasteiger partial charge in [0.2, 0.25) is 5.91 Å². The first kappa shape index (κ1) is 19.7. The third kappa shape index (κ3) is 4.68. The quantitative estimate of drug-likeness (QED) is 0.690. The number of aromatic amines is 1. The number of aromatic nitrogens is 2. The molecule has 2 heterocycles. The normalized spacial score (nSPS) is 18.0. The van der Waals surface area contributed by atoms with Crippen molar-refractivity contribution in [2.45, 2.75) is 25.4 Å². The molecular weight excluding hydrogens is 374 g/mol. The molecule has 2 N–H and O–H groups in total. The molecule has 0 unspecified atom stereocenters. The van der Waals surface area contributed by atoms with Crippen molar-refractivity contribution in [3.05, 3.63) is 28.3 Å². The topological polar surface area (TPSA) is 99.8 Å². The van der Waals surface area contributed by atoms with Crippen LogP contribution in [0.4, 0.5) is 0 Å². The second-order valence-corrected chi connectivity index (χ2v) is 7.63. The highest BCUT2D eigenvalue weighted by Gasteiger charge is 2.25. The number of fused-ring (bicyclic) bond motifs is 1. The van der Waals surface area contributed by atoms with Gasteiger partial charge in [-0.1, -0.05) is 0 Å². The summed E-state index contributed by atoms with van der Waals surface area (Å²) in [5.41, 5.74) is 0.387. The molecule has 9 heteroatoms. The highest BCUT2D eigenvalue weighted by Crippen LogP contribution is 2.30. The van der Waals surface area contributed by atoms with E-state index < -0.39 is 0 Å². The lowest BCUT2D eigenvalue weighted by atomic mass is 10.2. The number of benzene rings is 1. The fraction of sp³-hybridized carbons (Fsp3) is 0.550. The highest BCUT2D eigenvalue weighted by atomic mass is 16.5. The molecule has 1 saturated heterocycles. The molecule has 0 bridgehead atoms. The fourth-order valence-corrected chi connectivity index (χ4v) is 3.61. The van der Waals surface area contributed by atoms with Crippen LogP contribution in [-0.2, 0) is 11.3 Å². The molecule has 1 aromatic carbocycles. The number of ether oxygens (including phenoxy) is 2. The van der Waals surface area contributed by atoms with Crippen LogP contribution in [-0.4, -0.2) is 78.7 Å². The van der Waals surface area contributed by atoms with Crippen LogP contribution in [0.1, 0.15) is 18.7 Å². The standard InChI is InChI=1S/C20H27N5O4/c1-28-16-9-14-15(10-17(16)29-2)22-18(23-20(14)27)11-24-5-7-25(8-6-24)12-19(26)21-13-3-4-13/h9-10,13H,3-8,11-12H2,1-2H3,(H,21,26)(H,22,23,27). The van der Waals surface area contributed by atoms with Gasteiger partial charge in [-0.05, 0) is 18.9 Å². The first-order chi connectivity index (χ1) is 14.1. The number of nitrogens with one attached hydrogen (secondary N) is 2. The first-order valence-corrected chi connectivity index (χ1v) is 9.94. The smallest absolute Gasteiger partial charge is 0.258 e. The van der Waals surface area contributed by atoms with Gasteiger partial charge < -0.3 is 19.8 Å². The van der Waals surface area contributed by atoms with Gasteiger partial charge in [-0.2, -0.15) is 0 Å². The molecule has 1 aliphatic heterocycles. The molecular formula is C20H27N5O4. The van der Waals surface area contributed by atoms with E-state index in [9.17, 15) is 9.59 Å². The van der Waals surface area contributed by atoms with Crippen LogP contribution in [0.2, 0.25) is 0 Å². The van der Waals surface area contributed by atoms with Gasteiger partial charge >= 0.3 is 0 Å². The number of carbonyl (C=O) groups excluding carboxylic acids is 1. The molecule has 2 aromatic rings. The van der Waals surface area contributed by atoms with Crippen LogP contribution < -0.4 is 20.3 Å². The van der Waals surface area contributed by atoms with Crippen molar-refractivity contribution in [2.24, 2.45) is 0 Å². The average Bonchev–Trinajstić information content (AvgIpc) is 3.52. The van der Waals surface area contributed by atoms with Gasteiger partial charge in [-0.3, -0.25) is 19.4 Å². The summed E-state index contributed by atoms with van der Waals surface area (Å²) in [6.45, 7) is 4.30. The Morgan fingerprint density at radius 3 is 2.45 bits per heavy atom. The maximum atomic E-state index is 12.5. The lowest BCUT2D eigenvalue weighted by Gasteiger charge is -2.33. The monoisotopic (exact) mass is 401 g/mol. The van der Waals surface area contributed by atoms with E-state index in [-0.39, 0.29) is 11.5 Å². The van der Waals surface area contributed by atoms with Crippen LogP contribution in [0.25, 0.3) is 10.9 Å². The molecule has 4 rings (SSSR count). The minimum atomic E-state index is -0.193. The molecule has 0 spiro atoms. The zero-order valence-electron chi connectivity index (χ0n) is 16.9. The Morgan fingerprint density at radius 1 is 1.14 bits per heavy atom. The maximum Gasteiger partial charge on any atom is 0.258 e. The van der Waals surface area contributed by atoms with Crippen molar-refractivity contribution in [3.63, 3.8) is 0 Å². The third-order valence-electron chi connectivity index (χ3n) is 5.41. The Kier molecular flexibility index (Phi) is 5.68. The van der Waals surface area contributed by atoms with Crippen LogP contribution in [0, 0.1) is 0 Å². The van der Waals surface area contributed by atoms with E-state index in [0.29, 0.717) is 47.4 Å².